The molecule has 1 aliphatic heterocycles. The maximum atomic E-state index is 11.7. The molecule has 0 aliphatic carbocycles. The van der Waals surface area contributed by atoms with Crippen LogP contribution in [0, 0.1) is 5.92 Å². The van der Waals surface area contributed by atoms with E-state index in [1.54, 1.807) is 11.8 Å². The van der Waals surface area contributed by atoms with Crippen LogP contribution >= 0.6 is 24.2 Å². The normalized spacial score (nSPS) is 19.1. The zero-order chi connectivity index (χ0) is 10.4. The van der Waals surface area contributed by atoms with Crippen molar-refractivity contribution < 1.29 is 4.79 Å². The van der Waals surface area contributed by atoms with Crippen LogP contribution in [0.5, 0.6) is 0 Å². The van der Waals surface area contributed by atoms with Crippen LogP contribution in [0.4, 0.5) is 0 Å². The second-order valence-electron chi connectivity index (χ2n) is 3.89. The Morgan fingerprint density at radius 1 is 1.53 bits per heavy atom. The maximum absolute atomic E-state index is 11.7. The average molecular weight is 253 g/mol. The molecule has 0 saturated carbocycles. The van der Waals surface area contributed by atoms with Crippen LogP contribution in [0.2, 0.25) is 0 Å². The van der Waals surface area contributed by atoms with Crippen LogP contribution in [-0.2, 0) is 4.79 Å². The highest BCUT2D eigenvalue weighted by Gasteiger charge is 2.18. The number of hydrogen-bond donors (Lipinski definition) is 2. The first-order valence-corrected chi connectivity index (χ1v) is 6.63. The van der Waals surface area contributed by atoms with E-state index in [0.717, 1.165) is 31.7 Å². The minimum atomic E-state index is 0. The lowest BCUT2D eigenvalue weighted by Crippen LogP contribution is -2.44. The van der Waals surface area contributed by atoms with Gasteiger partial charge >= 0.3 is 0 Å². The molecule has 0 radical (unpaired) electrons. The van der Waals surface area contributed by atoms with Gasteiger partial charge < -0.3 is 10.6 Å². The Morgan fingerprint density at radius 2 is 2.13 bits per heavy atom. The summed E-state index contributed by atoms with van der Waals surface area (Å²) in [4.78, 5) is 11.7. The fraction of sp³-hybridized carbons (Fsp3) is 0.900. The van der Waals surface area contributed by atoms with E-state index < -0.39 is 0 Å². The largest absolute Gasteiger partial charge is 0.353 e. The molecule has 3 nitrogen and oxygen atoms in total. The monoisotopic (exact) mass is 252 g/mol. The molecule has 2 N–H and O–H groups in total. The molecule has 1 atom stereocenters. The molecule has 0 spiro atoms. The summed E-state index contributed by atoms with van der Waals surface area (Å²) in [6, 6.07) is 0.396. The summed E-state index contributed by atoms with van der Waals surface area (Å²) in [6.45, 7) is 4.05. The third-order valence-electron chi connectivity index (χ3n) is 2.55. The smallest absolute Gasteiger partial charge is 0.223 e. The highest BCUT2D eigenvalue weighted by Crippen LogP contribution is 2.07. The quantitative estimate of drug-likeness (QED) is 0.792. The van der Waals surface area contributed by atoms with Gasteiger partial charge in [0.1, 0.15) is 0 Å². The Balaban J connectivity index is 0.00000196. The maximum Gasteiger partial charge on any atom is 0.223 e. The van der Waals surface area contributed by atoms with E-state index in [4.69, 9.17) is 0 Å². The van der Waals surface area contributed by atoms with E-state index in [1.165, 1.54) is 0 Å². The molecule has 0 aromatic heterocycles. The lowest BCUT2D eigenvalue weighted by molar-refractivity contribution is -0.124. The summed E-state index contributed by atoms with van der Waals surface area (Å²) in [7, 11) is 0. The highest BCUT2D eigenvalue weighted by molar-refractivity contribution is 7.98. The van der Waals surface area contributed by atoms with Gasteiger partial charge in [-0.2, -0.15) is 11.8 Å². The zero-order valence-corrected chi connectivity index (χ0v) is 11.0. The Labute approximate surface area is 103 Å². The minimum absolute atomic E-state index is 0. The minimum Gasteiger partial charge on any atom is -0.353 e. The number of carbonyl (C=O) groups is 1. The van der Waals surface area contributed by atoms with Crippen molar-refractivity contribution in [2.24, 2.45) is 5.92 Å². The molecule has 1 heterocycles. The molecule has 0 aromatic carbocycles. The van der Waals surface area contributed by atoms with Crippen LogP contribution in [0.15, 0.2) is 0 Å². The predicted octanol–water partition coefficient (Wildman–Crippen LogP) is 1.28. The van der Waals surface area contributed by atoms with Gasteiger partial charge in [-0.05, 0) is 32.2 Å². The van der Waals surface area contributed by atoms with E-state index in [1.807, 2.05) is 13.2 Å². The van der Waals surface area contributed by atoms with Crippen LogP contribution in [0.25, 0.3) is 0 Å². The number of nitrogens with one attached hydrogen (secondary N) is 2. The van der Waals surface area contributed by atoms with E-state index >= 15 is 0 Å². The van der Waals surface area contributed by atoms with Gasteiger partial charge in [-0.15, -0.1) is 12.4 Å². The van der Waals surface area contributed by atoms with E-state index in [9.17, 15) is 4.79 Å². The molecule has 1 unspecified atom stereocenters. The second-order valence-corrected chi connectivity index (χ2v) is 4.80. The number of thioether (sulfide) groups is 1. The summed E-state index contributed by atoms with van der Waals surface area (Å²) >= 11 is 1.73. The Hall–Kier alpha value is 0.0700. The van der Waals surface area contributed by atoms with Gasteiger partial charge in [0.2, 0.25) is 5.91 Å². The van der Waals surface area contributed by atoms with Gasteiger partial charge in [0.25, 0.3) is 0 Å². The predicted molar refractivity (Wildman–Crippen MR) is 68.8 cm³/mol. The van der Waals surface area contributed by atoms with Crippen molar-refractivity contribution in [3.05, 3.63) is 0 Å². The summed E-state index contributed by atoms with van der Waals surface area (Å²) in [5.74, 6) is 1.27. The van der Waals surface area contributed by atoms with Crippen LogP contribution in [0.1, 0.15) is 19.8 Å². The van der Waals surface area contributed by atoms with Gasteiger partial charge in [0, 0.05) is 17.7 Å². The Kier molecular flexibility index (Phi) is 8.29. The molecule has 1 amide bonds. The lowest BCUT2D eigenvalue weighted by atomic mass is 10.1. The molecular formula is C10H21ClN2OS. The standard InChI is InChI=1S/C10H20N2OS.ClH/c1-8(7-14-2)10(13)12-9-3-5-11-6-4-9;/h8-9,11H,3-7H2,1-2H3,(H,12,13);1H. The van der Waals surface area contributed by atoms with Crippen LogP contribution in [0.3, 0.4) is 0 Å². The third kappa shape index (κ3) is 5.64. The van der Waals surface area contributed by atoms with E-state index in [2.05, 4.69) is 10.6 Å². The van der Waals surface area contributed by atoms with Gasteiger partial charge in [-0.3, -0.25) is 4.79 Å². The molecule has 1 rings (SSSR count). The SMILES string of the molecule is CSCC(C)C(=O)NC1CCNCC1.Cl. The van der Waals surface area contributed by atoms with Crippen molar-refractivity contribution in [1.82, 2.24) is 10.6 Å². The number of piperidine rings is 1. The Bertz CT molecular complexity index is 186. The van der Waals surface area contributed by atoms with E-state index in [0.29, 0.717) is 6.04 Å². The number of halogens is 1. The summed E-state index contributed by atoms with van der Waals surface area (Å²) in [5.41, 5.74) is 0. The van der Waals surface area contributed by atoms with Crippen molar-refractivity contribution >= 4 is 30.1 Å². The average Bonchev–Trinajstić information content (AvgIpc) is 2.19. The van der Waals surface area contributed by atoms with Crippen LogP contribution in [-0.4, -0.2) is 37.0 Å². The van der Waals surface area contributed by atoms with Gasteiger partial charge in [-0.25, -0.2) is 0 Å². The molecule has 1 saturated heterocycles. The van der Waals surface area contributed by atoms with E-state index in [-0.39, 0.29) is 24.2 Å². The molecule has 15 heavy (non-hydrogen) atoms. The van der Waals surface area contributed by atoms with Gasteiger partial charge in [0.15, 0.2) is 0 Å². The molecule has 90 valence electrons. The molecular weight excluding hydrogens is 232 g/mol. The second kappa shape index (κ2) is 8.25. The molecule has 0 aromatic rings. The van der Waals surface area contributed by atoms with Gasteiger partial charge in [0.05, 0.1) is 0 Å². The van der Waals surface area contributed by atoms with Crippen molar-refractivity contribution in [2.75, 3.05) is 25.1 Å². The zero-order valence-electron chi connectivity index (χ0n) is 9.41. The van der Waals surface area contributed by atoms with Crippen molar-refractivity contribution in [3.63, 3.8) is 0 Å². The highest BCUT2D eigenvalue weighted by atomic mass is 35.5. The summed E-state index contributed by atoms with van der Waals surface area (Å²) in [5, 5.41) is 6.40. The first kappa shape index (κ1) is 15.1. The topological polar surface area (TPSA) is 41.1 Å². The summed E-state index contributed by atoms with van der Waals surface area (Å²) in [6.07, 6.45) is 4.17. The fourth-order valence-electron chi connectivity index (χ4n) is 1.64. The number of carbonyl (C=O) groups excluding carboxylic acids is 1. The first-order chi connectivity index (χ1) is 6.74. The number of hydrogen-bond acceptors (Lipinski definition) is 3. The fourth-order valence-corrected chi connectivity index (χ4v) is 2.29. The lowest BCUT2D eigenvalue weighted by Gasteiger charge is -2.25. The Morgan fingerprint density at radius 3 is 2.67 bits per heavy atom. The molecule has 5 heteroatoms. The number of rotatable bonds is 4. The molecule has 1 aliphatic rings. The first-order valence-electron chi connectivity index (χ1n) is 5.24. The molecule has 0 bridgehead atoms. The van der Waals surface area contributed by atoms with Crippen molar-refractivity contribution in [2.45, 2.75) is 25.8 Å². The van der Waals surface area contributed by atoms with Crippen molar-refractivity contribution in [1.29, 1.82) is 0 Å². The third-order valence-corrected chi connectivity index (χ3v) is 3.38. The van der Waals surface area contributed by atoms with Crippen LogP contribution < -0.4 is 10.6 Å². The molecule has 1 fully saturated rings. The number of amides is 1. The summed E-state index contributed by atoms with van der Waals surface area (Å²) < 4.78 is 0. The van der Waals surface area contributed by atoms with Crippen molar-refractivity contribution in [3.8, 4) is 0 Å². The van der Waals surface area contributed by atoms with Gasteiger partial charge in [-0.1, -0.05) is 6.92 Å².